The van der Waals surface area contributed by atoms with Crippen LogP contribution in [0.25, 0.3) is 0 Å². The quantitative estimate of drug-likeness (QED) is 0.580. The summed E-state index contributed by atoms with van der Waals surface area (Å²) in [5.41, 5.74) is 5.96. The van der Waals surface area contributed by atoms with Gasteiger partial charge >= 0.3 is 0 Å². The smallest absolute Gasteiger partial charge is 0.191 e. The Balaban J connectivity index is 2.80. The molecule has 0 saturated heterocycles. The Bertz CT molecular complexity index is 206. The molecule has 48 valence electrons. The first-order valence-corrected chi connectivity index (χ1v) is 2.52. The largest absolute Gasteiger partial charge is 0.379 e. The van der Waals surface area contributed by atoms with Crippen molar-refractivity contribution < 1.29 is 4.63 Å². The molecule has 2 N–H and O–H groups in total. The zero-order valence-electron chi connectivity index (χ0n) is 4.87. The summed E-state index contributed by atoms with van der Waals surface area (Å²) in [6, 6.07) is 0. The highest BCUT2D eigenvalue weighted by Crippen LogP contribution is 2.03. The molecule has 0 aliphatic carbocycles. The van der Waals surface area contributed by atoms with Crippen LogP contribution in [0.3, 0.4) is 0 Å². The van der Waals surface area contributed by atoms with Crippen molar-refractivity contribution in [2.75, 3.05) is 5.73 Å². The van der Waals surface area contributed by atoms with Crippen LogP contribution in [-0.2, 0) is 6.42 Å². The van der Waals surface area contributed by atoms with Crippen LogP contribution in [0, 0.1) is 0 Å². The van der Waals surface area contributed by atoms with E-state index in [2.05, 4.69) is 21.5 Å². The van der Waals surface area contributed by atoms with E-state index in [-0.39, 0.29) is 0 Å². The SMILES string of the molecule is C=CCc1nonc1N. The summed E-state index contributed by atoms with van der Waals surface area (Å²) in [5, 5.41) is 6.90. The van der Waals surface area contributed by atoms with Gasteiger partial charge in [-0.2, -0.15) is 0 Å². The predicted octanol–water partition coefficient (Wildman–Crippen LogP) is 0.380. The van der Waals surface area contributed by atoms with E-state index >= 15 is 0 Å². The molecule has 4 heteroatoms. The summed E-state index contributed by atoms with van der Waals surface area (Å²) >= 11 is 0. The van der Waals surface area contributed by atoms with Crippen LogP contribution >= 0.6 is 0 Å². The molecular weight excluding hydrogens is 118 g/mol. The van der Waals surface area contributed by atoms with E-state index in [0.717, 1.165) is 0 Å². The van der Waals surface area contributed by atoms with E-state index in [0.29, 0.717) is 17.9 Å². The molecule has 0 aliphatic heterocycles. The maximum atomic E-state index is 5.31. The molecule has 1 heterocycles. The third-order valence-electron chi connectivity index (χ3n) is 0.924. The first-order chi connectivity index (χ1) is 4.34. The minimum Gasteiger partial charge on any atom is -0.379 e. The molecule has 0 radical (unpaired) electrons. The van der Waals surface area contributed by atoms with Crippen molar-refractivity contribution in [2.24, 2.45) is 0 Å². The second-order valence-corrected chi connectivity index (χ2v) is 1.59. The first kappa shape index (κ1) is 5.81. The standard InChI is InChI=1S/C5H7N3O/c1-2-3-4-5(6)8-9-7-4/h2H,1,3H2,(H2,6,8). The fourth-order valence-electron chi connectivity index (χ4n) is 0.492. The molecular formula is C5H7N3O. The molecule has 0 atom stereocenters. The molecule has 1 aromatic heterocycles. The molecule has 0 aromatic carbocycles. The fraction of sp³-hybridized carbons (Fsp3) is 0.200. The average Bonchev–Trinajstić information content (AvgIpc) is 2.18. The number of rotatable bonds is 2. The third kappa shape index (κ3) is 1.07. The number of nitrogens with two attached hydrogens (primary N) is 1. The number of allylic oxidation sites excluding steroid dienone is 1. The minimum absolute atomic E-state index is 0.343. The van der Waals surface area contributed by atoms with Crippen LogP contribution in [0.5, 0.6) is 0 Å². The highest BCUT2D eigenvalue weighted by Gasteiger charge is 2.00. The van der Waals surface area contributed by atoms with Gasteiger partial charge in [-0.15, -0.1) is 6.58 Å². The number of aromatic nitrogens is 2. The van der Waals surface area contributed by atoms with Gasteiger partial charge in [0.25, 0.3) is 0 Å². The van der Waals surface area contributed by atoms with Crippen LogP contribution in [0.4, 0.5) is 5.82 Å². The molecule has 0 bridgehead atoms. The zero-order valence-corrected chi connectivity index (χ0v) is 4.87. The number of nitrogen functional groups attached to an aromatic ring is 1. The number of nitrogens with zero attached hydrogens (tertiary/aromatic N) is 2. The maximum absolute atomic E-state index is 5.31. The van der Waals surface area contributed by atoms with Crippen LogP contribution in [-0.4, -0.2) is 10.3 Å². The summed E-state index contributed by atoms with van der Waals surface area (Å²) in [6.45, 7) is 3.51. The van der Waals surface area contributed by atoms with Crippen LogP contribution in [0.2, 0.25) is 0 Å². The van der Waals surface area contributed by atoms with Crippen LogP contribution < -0.4 is 5.73 Å². The molecule has 1 rings (SSSR count). The topological polar surface area (TPSA) is 64.9 Å². The van der Waals surface area contributed by atoms with Crippen molar-refractivity contribution in [1.29, 1.82) is 0 Å². The van der Waals surface area contributed by atoms with E-state index in [9.17, 15) is 0 Å². The van der Waals surface area contributed by atoms with Gasteiger partial charge in [0, 0.05) is 6.42 Å². The summed E-state index contributed by atoms with van der Waals surface area (Å²) in [5.74, 6) is 0.343. The highest BCUT2D eigenvalue weighted by atomic mass is 16.6. The van der Waals surface area contributed by atoms with E-state index in [1.54, 1.807) is 6.08 Å². The Kier molecular flexibility index (Phi) is 1.48. The van der Waals surface area contributed by atoms with Crippen LogP contribution in [0.15, 0.2) is 17.3 Å². The van der Waals surface area contributed by atoms with Gasteiger partial charge in [-0.1, -0.05) is 11.2 Å². The van der Waals surface area contributed by atoms with Gasteiger partial charge in [0.1, 0.15) is 5.69 Å². The van der Waals surface area contributed by atoms with E-state index in [1.807, 2.05) is 0 Å². The Morgan fingerprint density at radius 3 is 2.89 bits per heavy atom. The van der Waals surface area contributed by atoms with Crippen molar-refractivity contribution in [3.8, 4) is 0 Å². The lowest BCUT2D eigenvalue weighted by Crippen LogP contribution is -1.90. The molecule has 0 saturated carbocycles. The van der Waals surface area contributed by atoms with Crippen molar-refractivity contribution in [2.45, 2.75) is 6.42 Å². The molecule has 0 amide bonds. The minimum atomic E-state index is 0.343. The van der Waals surface area contributed by atoms with Crippen molar-refractivity contribution in [1.82, 2.24) is 10.3 Å². The van der Waals surface area contributed by atoms with E-state index in [4.69, 9.17) is 5.73 Å². The summed E-state index contributed by atoms with van der Waals surface area (Å²) in [4.78, 5) is 0. The molecule has 1 aromatic rings. The third-order valence-corrected chi connectivity index (χ3v) is 0.924. The van der Waals surface area contributed by atoms with Gasteiger partial charge in [-0.05, 0) is 5.16 Å². The van der Waals surface area contributed by atoms with E-state index in [1.165, 1.54) is 0 Å². The second kappa shape index (κ2) is 2.30. The summed E-state index contributed by atoms with van der Waals surface area (Å²) < 4.78 is 4.33. The molecule has 4 nitrogen and oxygen atoms in total. The van der Waals surface area contributed by atoms with Crippen LogP contribution in [0.1, 0.15) is 5.69 Å². The van der Waals surface area contributed by atoms with Gasteiger partial charge in [0.05, 0.1) is 0 Å². The molecule has 0 fully saturated rings. The number of anilines is 1. The lowest BCUT2D eigenvalue weighted by molar-refractivity contribution is 0.305. The normalized spacial score (nSPS) is 9.33. The van der Waals surface area contributed by atoms with E-state index < -0.39 is 0 Å². The molecule has 0 spiro atoms. The van der Waals surface area contributed by atoms with Gasteiger partial charge in [-0.3, -0.25) is 0 Å². The monoisotopic (exact) mass is 125 g/mol. The highest BCUT2D eigenvalue weighted by molar-refractivity contribution is 5.31. The zero-order chi connectivity index (χ0) is 6.69. The fourth-order valence-corrected chi connectivity index (χ4v) is 0.492. The molecule has 0 aliphatic rings. The van der Waals surface area contributed by atoms with Crippen molar-refractivity contribution >= 4 is 5.82 Å². The number of hydrogen-bond acceptors (Lipinski definition) is 4. The Morgan fingerprint density at radius 2 is 2.44 bits per heavy atom. The van der Waals surface area contributed by atoms with Crippen molar-refractivity contribution in [3.63, 3.8) is 0 Å². The number of hydrogen-bond donors (Lipinski definition) is 1. The second-order valence-electron chi connectivity index (χ2n) is 1.59. The predicted molar refractivity (Wildman–Crippen MR) is 32.6 cm³/mol. The first-order valence-electron chi connectivity index (χ1n) is 2.52. The Morgan fingerprint density at radius 1 is 1.67 bits per heavy atom. The lowest BCUT2D eigenvalue weighted by Gasteiger charge is -1.82. The lowest BCUT2D eigenvalue weighted by atomic mass is 10.3. The van der Waals surface area contributed by atoms with Gasteiger partial charge < -0.3 is 5.73 Å². The van der Waals surface area contributed by atoms with Gasteiger partial charge in [0.15, 0.2) is 5.82 Å². The summed E-state index contributed by atoms with van der Waals surface area (Å²) in [7, 11) is 0. The average molecular weight is 125 g/mol. The van der Waals surface area contributed by atoms with Gasteiger partial charge in [0.2, 0.25) is 0 Å². The summed E-state index contributed by atoms with van der Waals surface area (Å²) in [6.07, 6.45) is 2.30. The van der Waals surface area contributed by atoms with Gasteiger partial charge in [-0.25, -0.2) is 4.63 Å². The maximum Gasteiger partial charge on any atom is 0.191 e. The molecule has 0 unspecified atom stereocenters. The Labute approximate surface area is 52.3 Å². The Hall–Kier alpha value is -1.32. The molecule has 9 heavy (non-hydrogen) atoms. The van der Waals surface area contributed by atoms with Crippen molar-refractivity contribution in [3.05, 3.63) is 18.3 Å².